The summed E-state index contributed by atoms with van der Waals surface area (Å²) in [5, 5.41) is 0. The number of ether oxygens (including phenoxy) is 2. The minimum absolute atomic E-state index is 0. The highest BCUT2D eigenvalue weighted by atomic mass is 35.5. The van der Waals surface area contributed by atoms with E-state index in [2.05, 4.69) is 4.74 Å². The van der Waals surface area contributed by atoms with Gasteiger partial charge < -0.3 is 15.2 Å². The van der Waals surface area contributed by atoms with E-state index in [1.54, 1.807) is 6.07 Å². The maximum Gasteiger partial charge on any atom is 0.573 e. The molecule has 0 spiro atoms. The molecule has 0 unspecified atom stereocenters. The molecule has 0 aliphatic carbocycles. The van der Waals surface area contributed by atoms with Crippen molar-refractivity contribution in [3.63, 3.8) is 0 Å². The molecule has 2 rings (SSSR count). The van der Waals surface area contributed by atoms with Crippen LogP contribution in [0.2, 0.25) is 0 Å². The second-order valence-electron chi connectivity index (χ2n) is 4.66. The Labute approximate surface area is 138 Å². The van der Waals surface area contributed by atoms with E-state index in [1.807, 2.05) is 31.2 Å². The monoisotopic (exact) mass is 347 g/mol. The molecule has 126 valence electrons. The smallest absolute Gasteiger partial charge is 0.488 e. The lowest BCUT2D eigenvalue weighted by atomic mass is 10.0. The number of nitrogens with two attached hydrogens (primary N) is 1. The van der Waals surface area contributed by atoms with E-state index in [-0.39, 0.29) is 37.1 Å². The Balaban J connectivity index is 0.00000264. The summed E-state index contributed by atoms with van der Waals surface area (Å²) in [6.45, 7) is 2.22. The lowest BCUT2D eigenvalue weighted by Crippen LogP contribution is -2.18. The molecule has 0 aliphatic rings. The number of hydrogen-bond acceptors (Lipinski definition) is 3. The van der Waals surface area contributed by atoms with Gasteiger partial charge in [-0.05, 0) is 35.7 Å². The number of alkyl halides is 3. The topological polar surface area (TPSA) is 44.5 Å². The fraction of sp³-hybridized carbons (Fsp3) is 0.250. The Kier molecular flexibility index (Phi) is 6.72. The van der Waals surface area contributed by atoms with Crippen LogP contribution in [0.4, 0.5) is 13.2 Å². The average molecular weight is 348 g/mol. The first-order chi connectivity index (χ1) is 10.4. The SMILES string of the molecule is Cc1ccccc1-c1ccc(OC(F)(F)F)c(OCCN)c1.Cl. The second kappa shape index (κ2) is 8.08. The van der Waals surface area contributed by atoms with Gasteiger partial charge in [-0.15, -0.1) is 25.6 Å². The van der Waals surface area contributed by atoms with Crippen LogP contribution in [-0.4, -0.2) is 19.5 Å². The summed E-state index contributed by atoms with van der Waals surface area (Å²) in [5.41, 5.74) is 8.01. The summed E-state index contributed by atoms with van der Waals surface area (Å²) in [6, 6.07) is 11.9. The third kappa shape index (κ3) is 5.33. The molecule has 23 heavy (non-hydrogen) atoms. The number of rotatable bonds is 5. The number of benzene rings is 2. The van der Waals surface area contributed by atoms with Crippen molar-refractivity contribution in [1.29, 1.82) is 0 Å². The molecule has 0 saturated heterocycles. The van der Waals surface area contributed by atoms with E-state index < -0.39 is 6.36 Å². The molecule has 3 nitrogen and oxygen atoms in total. The van der Waals surface area contributed by atoms with Gasteiger partial charge in [0.15, 0.2) is 11.5 Å². The summed E-state index contributed by atoms with van der Waals surface area (Å²) in [6.07, 6.45) is -4.77. The van der Waals surface area contributed by atoms with Crippen molar-refractivity contribution in [3.8, 4) is 22.6 Å². The van der Waals surface area contributed by atoms with E-state index in [0.29, 0.717) is 0 Å². The van der Waals surface area contributed by atoms with Gasteiger partial charge >= 0.3 is 6.36 Å². The van der Waals surface area contributed by atoms with Crippen molar-refractivity contribution in [1.82, 2.24) is 0 Å². The molecular formula is C16H17ClF3NO2. The Hall–Kier alpha value is -1.92. The predicted octanol–water partition coefficient (Wildman–Crippen LogP) is 4.32. The molecule has 0 aromatic heterocycles. The normalized spacial score (nSPS) is 10.8. The molecular weight excluding hydrogens is 331 g/mol. The molecule has 0 heterocycles. The van der Waals surface area contributed by atoms with Crippen molar-refractivity contribution in [2.75, 3.05) is 13.2 Å². The number of aryl methyl sites for hydroxylation is 1. The maximum absolute atomic E-state index is 12.4. The standard InChI is InChI=1S/C16H16F3NO2.ClH/c1-11-4-2-3-5-13(11)12-6-7-14(22-16(17,18)19)15(10-12)21-9-8-20;/h2-7,10H,8-9,20H2,1H3;1H. The highest BCUT2D eigenvalue weighted by Gasteiger charge is 2.32. The van der Waals surface area contributed by atoms with Crippen molar-refractivity contribution in [2.24, 2.45) is 5.73 Å². The fourth-order valence-electron chi connectivity index (χ4n) is 2.06. The minimum atomic E-state index is -4.77. The molecule has 2 N–H and O–H groups in total. The van der Waals surface area contributed by atoms with E-state index in [1.165, 1.54) is 12.1 Å². The van der Waals surface area contributed by atoms with Crippen molar-refractivity contribution in [2.45, 2.75) is 13.3 Å². The lowest BCUT2D eigenvalue weighted by Gasteiger charge is -2.15. The predicted molar refractivity (Wildman–Crippen MR) is 85.1 cm³/mol. The van der Waals surface area contributed by atoms with Crippen LogP contribution in [0.1, 0.15) is 5.56 Å². The van der Waals surface area contributed by atoms with E-state index in [0.717, 1.165) is 16.7 Å². The third-order valence-electron chi connectivity index (χ3n) is 3.00. The molecule has 2 aromatic rings. The minimum Gasteiger partial charge on any atom is -0.488 e. The van der Waals surface area contributed by atoms with Gasteiger partial charge in [0.2, 0.25) is 0 Å². The molecule has 0 atom stereocenters. The first-order valence-electron chi connectivity index (χ1n) is 6.69. The Morgan fingerprint density at radius 1 is 1.04 bits per heavy atom. The number of halogens is 4. The van der Waals surface area contributed by atoms with Crippen LogP contribution in [0.5, 0.6) is 11.5 Å². The van der Waals surface area contributed by atoms with Gasteiger partial charge in [0.05, 0.1) is 0 Å². The number of hydrogen-bond donors (Lipinski definition) is 1. The van der Waals surface area contributed by atoms with Gasteiger partial charge in [0.1, 0.15) is 6.61 Å². The van der Waals surface area contributed by atoms with Crippen LogP contribution in [0, 0.1) is 6.92 Å². The summed E-state index contributed by atoms with van der Waals surface area (Å²) >= 11 is 0. The van der Waals surface area contributed by atoms with E-state index in [9.17, 15) is 13.2 Å². The zero-order chi connectivity index (χ0) is 16.2. The van der Waals surface area contributed by atoms with Gasteiger partial charge in [0.25, 0.3) is 0 Å². The van der Waals surface area contributed by atoms with Crippen LogP contribution in [0.3, 0.4) is 0 Å². The molecule has 7 heteroatoms. The lowest BCUT2D eigenvalue weighted by molar-refractivity contribution is -0.275. The zero-order valence-corrected chi connectivity index (χ0v) is 13.2. The fourth-order valence-corrected chi connectivity index (χ4v) is 2.06. The maximum atomic E-state index is 12.4. The zero-order valence-electron chi connectivity index (χ0n) is 12.4. The van der Waals surface area contributed by atoms with Crippen molar-refractivity contribution in [3.05, 3.63) is 48.0 Å². The molecule has 0 aliphatic heterocycles. The highest BCUT2D eigenvalue weighted by Crippen LogP contribution is 2.36. The first-order valence-corrected chi connectivity index (χ1v) is 6.69. The molecule has 2 aromatic carbocycles. The van der Waals surface area contributed by atoms with Crippen molar-refractivity contribution < 1.29 is 22.6 Å². The van der Waals surface area contributed by atoms with Gasteiger partial charge in [-0.2, -0.15) is 0 Å². The summed E-state index contributed by atoms with van der Waals surface area (Å²) in [7, 11) is 0. The van der Waals surface area contributed by atoms with Crippen LogP contribution in [-0.2, 0) is 0 Å². The quantitative estimate of drug-likeness (QED) is 0.876. The Morgan fingerprint density at radius 2 is 1.74 bits per heavy atom. The molecule has 0 bridgehead atoms. The Morgan fingerprint density at radius 3 is 2.35 bits per heavy atom. The van der Waals surface area contributed by atoms with Gasteiger partial charge in [-0.3, -0.25) is 0 Å². The average Bonchev–Trinajstić information content (AvgIpc) is 2.45. The van der Waals surface area contributed by atoms with Crippen LogP contribution >= 0.6 is 12.4 Å². The molecule has 0 amide bonds. The van der Waals surface area contributed by atoms with E-state index >= 15 is 0 Å². The second-order valence-corrected chi connectivity index (χ2v) is 4.66. The summed E-state index contributed by atoms with van der Waals surface area (Å²) in [4.78, 5) is 0. The largest absolute Gasteiger partial charge is 0.573 e. The highest BCUT2D eigenvalue weighted by molar-refractivity contribution is 5.85. The van der Waals surface area contributed by atoms with Crippen LogP contribution < -0.4 is 15.2 Å². The van der Waals surface area contributed by atoms with Crippen LogP contribution in [0.15, 0.2) is 42.5 Å². The summed E-state index contributed by atoms with van der Waals surface area (Å²) < 4.78 is 46.6. The molecule has 0 fully saturated rings. The van der Waals surface area contributed by atoms with Crippen LogP contribution in [0.25, 0.3) is 11.1 Å². The van der Waals surface area contributed by atoms with Gasteiger partial charge in [0, 0.05) is 6.54 Å². The Bertz CT molecular complexity index is 647. The molecule has 0 radical (unpaired) electrons. The molecule has 0 saturated carbocycles. The third-order valence-corrected chi connectivity index (χ3v) is 3.00. The van der Waals surface area contributed by atoms with Crippen molar-refractivity contribution >= 4 is 12.4 Å². The van der Waals surface area contributed by atoms with E-state index in [4.69, 9.17) is 10.5 Å². The van der Waals surface area contributed by atoms with Gasteiger partial charge in [-0.1, -0.05) is 30.3 Å². The summed E-state index contributed by atoms with van der Waals surface area (Å²) in [5.74, 6) is -0.359. The first kappa shape index (κ1) is 19.1. The van der Waals surface area contributed by atoms with Gasteiger partial charge in [-0.25, -0.2) is 0 Å².